The molecule has 2 rings (SSSR count). The quantitative estimate of drug-likeness (QED) is 0.858. The standard InChI is InChI=1S/C13H18N2O.ClH/c14-9-10-15-12(16)13(7-4-8-13)11-5-2-1-3-6-11;/h1-3,5-6H,4,7-10,14H2,(H,15,16);1H. The number of amides is 1. The molecule has 0 saturated heterocycles. The summed E-state index contributed by atoms with van der Waals surface area (Å²) in [5.74, 6) is 0.135. The lowest BCUT2D eigenvalue weighted by Gasteiger charge is -2.40. The molecule has 0 radical (unpaired) electrons. The van der Waals surface area contributed by atoms with Gasteiger partial charge in [0, 0.05) is 13.1 Å². The van der Waals surface area contributed by atoms with E-state index in [1.54, 1.807) is 0 Å². The van der Waals surface area contributed by atoms with E-state index in [1.807, 2.05) is 30.3 Å². The Kier molecular flexibility index (Phi) is 4.97. The molecule has 0 spiro atoms. The Balaban J connectivity index is 0.00000144. The Labute approximate surface area is 108 Å². The second-order valence-corrected chi connectivity index (χ2v) is 4.35. The first-order chi connectivity index (χ1) is 7.79. The molecule has 3 N–H and O–H groups in total. The number of nitrogens with one attached hydrogen (secondary N) is 1. The summed E-state index contributed by atoms with van der Waals surface area (Å²) in [6.45, 7) is 1.06. The molecule has 1 amide bonds. The summed E-state index contributed by atoms with van der Waals surface area (Å²) < 4.78 is 0. The molecule has 4 heteroatoms. The van der Waals surface area contributed by atoms with E-state index in [0.29, 0.717) is 13.1 Å². The summed E-state index contributed by atoms with van der Waals surface area (Å²) in [6, 6.07) is 10.0. The molecule has 0 bridgehead atoms. The largest absolute Gasteiger partial charge is 0.354 e. The van der Waals surface area contributed by atoms with Crippen LogP contribution in [0, 0.1) is 0 Å². The van der Waals surface area contributed by atoms with Crippen molar-refractivity contribution in [1.82, 2.24) is 5.32 Å². The van der Waals surface area contributed by atoms with Gasteiger partial charge in [0.05, 0.1) is 5.41 Å². The van der Waals surface area contributed by atoms with Gasteiger partial charge < -0.3 is 11.1 Å². The monoisotopic (exact) mass is 254 g/mol. The van der Waals surface area contributed by atoms with Gasteiger partial charge in [-0.1, -0.05) is 36.8 Å². The minimum absolute atomic E-state index is 0. The van der Waals surface area contributed by atoms with Gasteiger partial charge >= 0.3 is 0 Å². The Morgan fingerprint density at radius 1 is 1.29 bits per heavy atom. The highest BCUT2D eigenvalue weighted by Gasteiger charge is 2.45. The van der Waals surface area contributed by atoms with Crippen LogP contribution in [0.1, 0.15) is 24.8 Å². The number of rotatable bonds is 4. The minimum Gasteiger partial charge on any atom is -0.354 e. The third kappa shape index (κ3) is 2.61. The zero-order valence-electron chi connectivity index (χ0n) is 9.82. The van der Waals surface area contributed by atoms with Crippen molar-refractivity contribution in [3.05, 3.63) is 35.9 Å². The highest BCUT2D eigenvalue weighted by molar-refractivity contribution is 5.89. The van der Waals surface area contributed by atoms with E-state index in [-0.39, 0.29) is 23.7 Å². The molecule has 1 saturated carbocycles. The first-order valence-electron chi connectivity index (χ1n) is 5.83. The fourth-order valence-corrected chi connectivity index (χ4v) is 2.29. The average molecular weight is 255 g/mol. The van der Waals surface area contributed by atoms with E-state index in [9.17, 15) is 4.79 Å². The Morgan fingerprint density at radius 3 is 2.41 bits per heavy atom. The van der Waals surface area contributed by atoms with E-state index < -0.39 is 0 Å². The lowest BCUT2D eigenvalue weighted by atomic mass is 9.64. The predicted octanol–water partition coefficient (Wildman–Crippen LogP) is 1.60. The van der Waals surface area contributed by atoms with Crippen LogP contribution in [-0.4, -0.2) is 19.0 Å². The zero-order valence-corrected chi connectivity index (χ0v) is 10.6. The summed E-state index contributed by atoms with van der Waals surface area (Å²) in [5, 5.41) is 2.91. The van der Waals surface area contributed by atoms with Gasteiger partial charge in [-0.25, -0.2) is 0 Å². The van der Waals surface area contributed by atoms with E-state index in [2.05, 4.69) is 5.32 Å². The fraction of sp³-hybridized carbons (Fsp3) is 0.462. The normalized spacial score (nSPS) is 16.5. The Hall–Kier alpha value is -1.06. The van der Waals surface area contributed by atoms with Crippen LogP contribution >= 0.6 is 12.4 Å². The average Bonchev–Trinajstić information content (AvgIpc) is 2.26. The molecule has 1 fully saturated rings. The third-order valence-corrected chi connectivity index (χ3v) is 3.40. The summed E-state index contributed by atoms with van der Waals surface area (Å²) in [6.07, 6.45) is 3.03. The van der Waals surface area contributed by atoms with Crippen LogP contribution in [0.5, 0.6) is 0 Å². The van der Waals surface area contributed by atoms with Crippen molar-refractivity contribution in [1.29, 1.82) is 0 Å². The van der Waals surface area contributed by atoms with Crippen molar-refractivity contribution in [2.45, 2.75) is 24.7 Å². The number of hydrogen-bond acceptors (Lipinski definition) is 2. The molecule has 0 aliphatic heterocycles. The van der Waals surface area contributed by atoms with Crippen molar-refractivity contribution < 1.29 is 4.79 Å². The van der Waals surface area contributed by atoms with Crippen molar-refractivity contribution in [3.63, 3.8) is 0 Å². The van der Waals surface area contributed by atoms with Crippen LogP contribution < -0.4 is 11.1 Å². The maximum absolute atomic E-state index is 12.1. The second kappa shape index (κ2) is 6.03. The number of carbonyl (C=O) groups is 1. The van der Waals surface area contributed by atoms with Crippen LogP contribution in [0.15, 0.2) is 30.3 Å². The molecule has 1 aromatic carbocycles. The predicted molar refractivity (Wildman–Crippen MR) is 71.3 cm³/mol. The summed E-state index contributed by atoms with van der Waals surface area (Å²) in [7, 11) is 0. The van der Waals surface area contributed by atoms with Crippen molar-refractivity contribution in [2.75, 3.05) is 13.1 Å². The van der Waals surface area contributed by atoms with Gasteiger partial charge in [0.2, 0.25) is 5.91 Å². The lowest BCUT2D eigenvalue weighted by molar-refractivity contribution is -0.129. The number of benzene rings is 1. The molecule has 0 heterocycles. The lowest BCUT2D eigenvalue weighted by Crippen LogP contribution is -2.50. The molecule has 1 aromatic rings. The third-order valence-electron chi connectivity index (χ3n) is 3.40. The van der Waals surface area contributed by atoms with Gasteiger partial charge in [-0.05, 0) is 18.4 Å². The second-order valence-electron chi connectivity index (χ2n) is 4.35. The summed E-state index contributed by atoms with van der Waals surface area (Å²) >= 11 is 0. The van der Waals surface area contributed by atoms with Gasteiger partial charge in [-0.2, -0.15) is 0 Å². The van der Waals surface area contributed by atoms with Crippen LogP contribution in [0.25, 0.3) is 0 Å². The molecule has 94 valence electrons. The van der Waals surface area contributed by atoms with Crippen LogP contribution in [0.2, 0.25) is 0 Å². The maximum Gasteiger partial charge on any atom is 0.230 e. The molecule has 0 unspecified atom stereocenters. The zero-order chi connectivity index (χ0) is 11.4. The minimum atomic E-state index is -0.281. The number of nitrogens with two attached hydrogens (primary N) is 1. The molecule has 1 aliphatic rings. The summed E-state index contributed by atoms with van der Waals surface area (Å²) in [5.41, 5.74) is 6.26. The first kappa shape index (κ1) is 14.0. The number of carbonyl (C=O) groups excluding carboxylic acids is 1. The molecule has 0 aromatic heterocycles. The smallest absolute Gasteiger partial charge is 0.230 e. The highest BCUT2D eigenvalue weighted by Crippen LogP contribution is 2.43. The van der Waals surface area contributed by atoms with Gasteiger partial charge in [0.1, 0.15) is 0 Å². The first-order valence-corrected chi connectivity index (χ1v) is 5.83. The highest BCUT2D eigenvalue weighted by atomic mass is 35.5. The number of hydrogen-bond donors (Lipinski definition) is 2. The van der Waals surface area contributed by atoms with Gasteiger partial charge in [-0.15, -0.1) is 12.4 Å². The van der Waals surface area contributed by atoms with Gasteiger partial charge in [0.25, 0.3) is 0 Å². The fourth-order valence-electron chi connectivity index (χ4n) is 2.29. The van der Waals surface area contributed by atoms with Crippen molar-refractivity contribution in [3.8, 4) is 0 Å². The van der Waals surface area contributed by atoms with E-state index in [1.165, 1.54) is 0 Å². The van der Waals surface area contributed by atoms with E-state index >= 15 is 0 Å². The molecular formula is C13H19ClN2O. The number of halogens is 1. The molecule has 3 nitrogen and oxygen atoms in total. The van der Waals surface area contributed by atoms with E-state index in [4.69, 9.17) is 5.73 Å². The Bertz CT molecular complexity index is 363. The van der Waals surface area contributed by atoms with Crippen molar-refractivity contribution >= 4 is 18.3 Å². The van der Waals surface area contributed by atoms with Crippen molar-refractivity contribution in [2.24, 2.45) is 5.73 Å². The topological polar surface area (TPSA) is 55.1 Å². The van der Waals surface area contributed by atoms with E-state index in [0.717, 1.165) is 24.8 Å². The van der Waals surface area contributed by atoms with Gasteiger partial charge in [0.15, 0.2) is 0 Å². The summed E-state index contributed by atoms with van der Waals surface area (Å²) in [4.78, 5) is 12.1. The van der Waals surface area contributed by atoms with Crippen LogP contribution in [0.3, 0.4) is 0 Å². The molecular weight excluding hydrogens is 236 g/mol. The molecule has 1 aliphatic carbocycles. The SMILES string of the molecule is Cl.NCCNC(=O)C1(c2ccccc2)CCC1. The van der Waals surface area contributed by atoms with Gasteiger partial charge in [-0.3, -0.25) is 4.79 Å². The van der Waals surface area contributed by atoms with Crippen LogP contribution in [0.4, 0.5) is 0 Å². The van der Waals surface area contributed by atoms with Crippen LogP contribution in [-0.2, 0) is 10.2 Å². The molecule has 0 atom stereocenters. The molecule has 17 heavy (non-hydrogen) atoms. The Morgan fingerprint density at radius 2 is 1.94 bits per heavy atom. The maximum atomic E-state index is 12.1.